The van der Waals surface area contributed by atoms with E-state index in [2.05, 4.69) is 26.1 Å². The van der Waals surface area contributed by atoms with E-state index >= 15 is 0 Å². The maximum atomic E-state index is 13.2. The van der Waals surface area contributed by atoms with Gasteiger partial charge in [-0.3, -0.25) is 9.59 Å². The van der Waals surface area contributed by atoms with Crippen LogP contribution in [-0.2, 0) is 10.2 Å². The highest BCUT2D eigenvalue weighted by atomic mass is 16.2. The van der Waals surface area contributed by atoms with E-state index < -0.39 is 0 Å². The number of carbonyl (C=O) groups excluding carboxylic acids is 2. The lowest BCUT2D eigenvalue weighted by Crippen LogP contribution is -2.39. The summed E-state index contributed by atoms with van der Waals surface area (Å²) in [5.74, 6) is -0.157. The first kappa shape index (κ1) is 17.2. The second kappa shape index (κ2) is 6.36. The zero-order valence-corrected chi connectivity index (χ0v) is 15.2. The van der Waals surface area contributed by atoms with Crippen molar-refractivity contribution in [1.82, 2.24) is 0 Å². The van der Waals surface area contributed by atoms with Crippen molar-refractivity contribution in [3.05, 3.63) is 59.7 Å². The molecule has 1 N–H and O–H groups in total. The van der Waals surface area contributed by atoms with E-state index in [1.54, 1.807) is 4.90 Å². The Balaban J connectivity index is 1.99. The molecule has 1 aliphatic heterocycles. The second-order valence-corrected chi connectivity index (χ2v) is 7.62. The monoisotopic (exact) mass is 336 g/mol. The maximum Gasteiger partial charge on any atom is 0.258 e. The Kier molecular flexibility index (Phi) is 4.38. The van der Waals surface area contributed by atoms with Crippen LogP contribution >= 0.6 is 0 Å². The SMILES string of the molecule is C[C@@H]1CC(=O)Nc2ccccc2N1C(=O)c1ccc(C(C)(C)C)cc1. The van der Waals surface area contributed by atoms with Crippen molar-refractivity contribution in [3.63, 3.8) is 0 Å². The van der Waals surface area contributed by atoms with Crippen molar-refractivity contribution in [2.45, 2.75) is 45.6 Å². The molecule has 4 heteroatoms. The molecule has 0 bridgehead atoms. The quantitative estimate of drug-likeness (QED) is 0.841. The number of nitrogens with one attached hydrogen (secondary N) is 1. The number of benzene rings is 2. The molecular formula is C21H24N2O2. The highest BCUT2D eigenvalue weighted by molar-refractivity contribution is 6.11. The average molecular weight is 336 g/mol. The molecule has 2 amide bonds. The summed E-state index contributed by atoms with van der Waals surface area (Å²) in [5, 5.41) is 2.89. The molecule has 4 nitrogen and oxygen atoms in total. The standard InChI is InChI=1S/C21H24N2O2/c1-14-13-19(24)22-17-7-5-6-8-18(17)23(14)20(25)15-9-11-16(12-10-15)21(2,3)4/h5-12,14H,13H2,1-4H3,(H,22,24)/t14-/m1/s1. The van der Waals surface area contributed by atoms with Crippen molar-refractivity contribution in [3.8, 4) is 0 Å². The molecule has 1 atom stereocenters. The number of fused-ring (bicyclic) bond motifs is 1. The van der Waals surface area contributed by atoms with Crippen molar-refractivity contribution in [1.29, 1.82) is 0 Å². The van der Waals surface area contributed by atoms with Gasteiger partial charge in [0.15, 0.2) is 0 Å². The van der Waals surface area contributed by atoms with Gasteiger partial charge >= 0.3 is 0 Å². The van der Waals surface area contributed by atoms with Crippen LogP contribution in [0.1, 0.15) is 50.0 Å². The second-order valence-electron chi connectivity index (χ2n) is 7.62. The zero-order chi connectivity index (χ0) is 18.2. The van der Waals surface area contributed by atoms with Gasteiger partial charge in [-0.25, -0.2) is 0 Å². The highest BCUT2D eigenvalue weighted by Crippen LogP contribution is 2.32. The van der Waals surface area contributed by atoms with Gasteiger partial charge in [-0.05, 0) is 42.2 Å². The lowest BCUT2D eigenvalue weighted by Gasteiger charge is -2.28. The summed E-state index contributed by atoms with van der Waals surface area (Å²) in [6.45, 7) is 8.35. The Bertz CT molecular complexity index is 803. The van der Waals surface area contributed by atoms with Crippen LogP contribution in [0.5, 0.6) is 0 Å². The Morgan fingerprint density at radius 2 is 1.72 bits per heavy atom. The van der Waals surface area contributed by atoms with Gasteiger partial charge < -0.3 is 10.2 Å². The first-order chi connectivity index (χ1) is 11.8. The van der Waals surface area contributed by atoms with Crippen LogP contribution in [0.15, 0.2) is 48.5 Å². The molecule has 3 rings (SSSR count). The van der Waals surface area contributed by atoms with E-state index in [1.165, 1.54) is 5.56 Å². The number of rotatable bonds is 1. The molecule has 0 saturated heterocycles. The number of amides is 2. The molecule has 25 heavy (non-hydrogen) atoms. The van der Waals surface area contributed by atoms with Gasteiger partial charge in [0.05, 0.1) is 11.4 Å². The number of para-hydroxylation sites is 2. The summed E-state index contributed by atoms with van der Waals surface area (Å²) >= 11 is 0. The van der Waals surface area contributed by atoms with E-state index in [-0.39, 0.29) is 29.7 Å². The molecule has 0 unspecified atom stereocenters. The lowest BCUT2D eigenvalue weighted by molar-refractivity contribution is -0.116. The molecule has 130 valence electrons. The molecule has 1 heterocycles. The number of hydrogen-bond donors (Lipinski definition) is 1. The summed E-state index contributed by atoms with van der Waals surface area (Å²) in [6, 6.07) is 15.0. The first-order valence-corrected chi connectivity index (χ1v) is 8.60. The van der Waals surface area contributed by atoms with Crippen molar-refractivity contribution in [2.75, 3.05) is 10.2 Å². The molecule has 1 aliphatic rings. The Labute approximate surface area is 148 Å². The van der Waals surface area contributed by atoms with E-state index in [4.69, 9.17) is 0 Å². The molecular weight excluding hydrogens is 312 g/mol. The van der Waals surface area contributed by atoms with Crippen LogP contribution in [0, 0.1) is 0 Å². The summed E-state index contributed by atoms with van der Waals surface area (Å²) in [6.07, 6.45) is 0.278. The predicted molar refractivity (Wildman–Crippen MR) is 101 cm³/mol. The molecule has 0 aliphatic carbocycles. The lowest BCUT2D eigenvalue weighted by atomic mass is 9.86. The Morgan fingerprint density at radius 3 is 2.36 bits per heavy atom. The van der Waals surface area contributed by atoms with Crippen molar-refractivity contribution < 1.29 is 9.59 Å². The van der Waals surface area contributed by atoms with Gasteiger partial charge in [0, 0.05) is 18.0 Å². The van der Waals surface area contributed by atoms with Gasteiger partial charge in [-0.1, -0.05) is 45.0 Å². The third-order valence-corrected chi connectivity index (χ3v) is 4.58. The van der Waals surface area contributed by atoms with Crippen molar-refractivity contribution in [2.24, 2.45) is 0 Å². The van der Waals surface area contributed by atoms with Gasteiger partial charge in [0.25, 0.3) is 5.91 Å². The molecule has 0 fully saturated rings. The molecule has 0 saturated carbocycles. The summed E-state index contributed by atoms with van der Waals surface area (Å²) in [4.78, 5) is 27.0. The van der Waals surface area contributed by atoms with E-state index in [1.807, 2.05) is 55.5 Å². The fourth-order valence-electron chi connectivity index (χ4n) is 3.15. The third kappa shape index (κ3) is 3.43. The normalized spacial score (nSPS) is 17.5. The molecule has 2 aromatic carbocycles. The maximum absolute atomic E-state index is 13.2. The summed E-state index contributed by atoms with van der Waals surface area (Å²) in [5.41, 5.74) is 3.27. The zero-order valence-electron chi connectivity index (χ0n) is 15.2. The van der Waals surface area contributed by atoms with Crippen LogP contribution in [0.3, 0.4) is 0 Å². The van der Waals surface area contributed by atoms with E-state index in [0.29, 0.717) is 11.3 Å². The van der Waals surface area contributed by atoms with Crippen LogP contribution in [-0.4, -0.2) is 17.9 Å². The van der Waals surface area contributed by atoms with Crippen LogP contribution in [0.25, 0.3) is 0 Å². The Hall–Kier alpha value is -2.62. The molecule has 0 spiro atoms. The molecule has 0 aromatic heterocycles. The number of nitrogens with zero attached hydrogens (tertiary/aromatic N) is 1. The fraction of sp³-hybridized carbons (Fsp3) is 0.333. The van der Waals surface area contributed by atoms with Gasteiger partial charge in [0.2, 0.25) is 5.91 Å². The largest absolute Gasteiger partial charge is 0.324 e. The minimum atomic E-state index is -0.210. The predicted octanol–water partition coefficient (Wildman–Crippen LogP) is 4.36. The third-order valence-electron chi connectivity index (χ3n) is 4.58. The highest BCUT2D eigenvalue weighted by Gasteiger charge is 2.30. The molecule has 2 aromatic rings. The summed E-state index contributed by atoms with van der Waals surface area (Å²) < 4.78 is 0. The van der Waals surface area contributed by atoms with Crippen molar-refractivity contribution >= 4 is 23.2 Å². The minimum Gasteiger partial charge on any atom is -0.324 e. The van der Waals surface area contributed by atoms with Crippen LogP contribution in [0.4, 0.5) is 11.4 Å². The van der Waals surface area contributed by atoms with E-state index in [0.717, 1.165) is 5.69 Å². The van der Waals surface area contributed by atoms with Crippen LogP contribution in [0.2, 0.25) is 0 Å². The fourth-order valence-corrected chi connectivity index (χ4v) is 3.15. The van der Waals surface area contributed by atoms with Gasteiger partial charge in [0.1, 0.15) is 0 Å². The summed E-state index contributed by atoms with van der Waals surface area (Å²) in [7, 11) is 0. The Morgan fingerprint density at radius 1 is 1.08 bits per heavy atom. The molecule has 0 radical (unpaired) electrons. The first-order valence-electron chi connectivity index (χ1n) is 8.60. The van der Waals surface area contributed by atoms with Gasteiger partial charge in [-0.15, -0.1) is 0 Å². The number of hydrogen-bond acceptors (Lipinski definition) is 2. The van der Waals surface area contributed by atoms with Gasteiger partial charge in [-0.2, -0.15) is 0 Å². The van der Waals surface area contributed by atoms with E-state index in [9.17, 15) is 9.59 Å². The smallest absolute Gasteiger partial charge is 0.258 e. The average Bonchev–Trinajstić information content (AvgIpc) is 2.68. The number of anilines is 2. The topological polar surface area (TPSA) is 49.4 Å². The number of carbonyl (C=O) groups is 2. The minimum absolute atomic E-state index is 0.0421. The van der Waals surface area contributed by atoms with Crippen LogP contribution < -0.4 is 10.2 Å².